The molecule has 0 aliphatic carbocycles. The van der Waals surface area contributed by atoms with Crippen molar-refractivity contribution in [1.82, 2.24) is 9.97 Å². The Bertz CT molecular complexity index is 635. The third kappa shape index (κ3) is 3.37. The smallest absolute Gasteiger partial charge is 0.230 e. The largest absolute Gasteiger partial charge is 0.496 e. The first-order chi connectivity index (χ1) is 9.61. The summed E-state index contributed by atoms with van der Waals surface area (Å²) in [6, 6.07) is 7.27. The van der Waals surface area contributed by atoms with E-state index in [1.54, 1.807) is 13.2 Å². The molecule has 0 aliphatic heterocycles. The molecule has 0 aliphatic rings. The van der Waals surface area contributed by atoms with Gasteiger partial charge < -0.3 is 10.1 Å². The van der Waals surface area contributed by atoms with Crippen LogP contribution in [0.3, 0.4) is 0 Å². The van der Waals surface area contributed by atoms with Crippen molar-refractivity contribution in [1.29, 1.82) is 0 Å². The fourth-order valence-corrected chi connectivity index (χ4v) is 1.91. The summed E-state index contributed by atoms with van der Waals surface area (Å²) >= 11 is 11.7. The summed E-state index contributed by atoms with van der Waals surface area (Å²) in [4.78, 5) is 19.6. The van der Waals surface area contributed by atoms with Crippen LogP contribution < -0.4 is 10.1 Å². The predicted octanol–water partition coefficient (Wildman–Crippen LogP) is 2.97. The quantitative estimate of drug-likeness (QED) is 0.882. The van der Waals surface area contributed by atoms with Crippen molar-refractivity contribution < 1.29 is 9.53 Å². The zero-order valence-electron chi connectivity index (χ0n) is 10.6. The molecular weight excluding hydrogens is 301 g/mol. The van der Waals surface area contributed by atoms with Gasteiger partial charge in [0.1, 0.15) is 17.1 Å². The molecule has 2 aromatic rings. The van der Waals surface area contributed by atoms with Crippen molar-refractivity contribution in [2.75, 3.05) is 12.4 Å². The minimum atomic E-state index is -0.272. The van der Waals surface area contributed by atoms with E-state index in [1.165, 1.54) is 6.33 Å². The van der Waals surface area contributed by atoms with Crippen LogP contribution in [0.1, 0.15) is 5.56 Å². The fourth-order valence-electron chi connectivity index (χ4n) is 1.63. The fraction of sp³-hybridized carbons (Fsp3) is 0.154. The van der Waals surface area contributed by atoms with E-state index in [2.05, 4.69) is 15.3 Å². The number of anilines is 1. The van der Waals surface area contributed by atoms with Crippen LogP contribution in [0.5, 0.6) is 5.75 Å². The molecule has 0 unspecified atom stereocenters. The highest BCUT2D eigenvalue weighted by Gasteiger charge is 2.12. The Morgan fingerprint density at radius 2 is 2.05 bits per heavy atom. The highest BCUT2D eigenvalue weighted by atomic mass is 35.5. The molecule has 1 heterocycles. The van der Waals surface area contributed by atoms with E-state index in [1.807, 2.05) is 18.2 Å². The van der Waals surface area contributed by atoms with Crippen LogP contribution in [-0.2, 0) is 11.2 Å². The van der Waals surface area contributed by atoms with E-state index >= 15 is 0 Å². The lowest BCUT2D eigenvalue weighted by Crippen LogP contribution is -2.16. The lowest BCUT2D eigenvalue weighted by molar-refractivity contribution is -0.115. The molecule has 7 heteroatoms. The summed E-state index contributed by atoms with van der Waals surface area (Å²) in [5.41, 5.74) is 0.767. The maximum absolute atomic E-state index is 12.0. The number of halogens is 2. The average molecular weight is 312 g/mol. The van der Waals surface area contributed by atoms with Gasteiger partial charge in [-0.3, -0.25) is 4.79 Å². The summed E-state index contributed by atoms with van der Waals surface area (Å²) in [7, 11) is 1.55. The molecule has 1 aromatic carbocycles. The molecule has 0 saturated carbocycles. The highest BCUT2D eigenvalue weighted by molar-refractivity contribution is 6.42. The number of amides is 1. The zero-order valence-corrected chi connectivity index (χ0v) is 12.1. The van der Waals surface area contributed by atoms with Crippen LogP contribution in [0.25, 0.3) is 0 Å². The van der Waals surface area contributed by atoms with Gasteiger partial charge in [-0.15, -0.1) is 0 Å². The molecule has 2 rings (SSSR count). The van der Waals surface area contributed by atoms with Gasteiger partial charge >= 0.3 is 0 Å². The Kier molecular flexibility index (Phi) is 4.76. The Labute approximate surface area is 125 Å². The number of ether oxygens (including phenoxy) is 1. The van der Waals surface area contributed by atoms with Crippen LogP contribution in [0.2, 0.25) is 10.2 Å². The topological polar surface area (TPSA) is 64.1 Å². The first-order valence-electron chi connectivity index (χ1n) is 5.69. The standard InChI is InChI=1S/C13H11Cl2N3O2/c1-20-9-5-3-2-4-8(9)6-10(19)18-13-11(14)12(15)16-7-17-13/h2-5,7H,6H2,1H3,(H,16,17,18,19). The first-order valence-corrected chi connectivity index (χ1v) is 6.45. The molecule has 20 heavy (non-hydrogen) atoms. The molecule has 1 N–H and O–H groups in total. The first kappa shape index (κ1) is 14.6. The highest BCUT2D eigenvalue weighted by Crippen LogP contribution is 2.25. The summed E-state index contributed by atoms with van der Waals surface area (Å²) in [5.74, 6) is 0.562. The molecule has 0 radical (unpaired) electrons. The van der Waals surface area contributed by atoms with Gasteiger partial charge in [-0.05, 0) is 6.07 Å². The third-order valence-corrected chi connectivity index (χ3v) is 3.29. The van der Waals surface area contributed by atoms with Crippen molar-refractivity contribution in [3.63, 3.8) is 0 Å². The van der Waals surface area contributed by atoms with E-state index in [9.17, 15) is 4.79 Å². The van der Waals surface area contributed by atoms with Crippen molar-refractivity contribution in [2.24, 2.45) is 0 Å². The molecule has 1 aromatic heterocycles. The number of hydrogen-bond donors (Lipinski definition) is 1. The molecule has 0 fully saturated rings. The molecule has 0 atom stereocenters. The van der Waals surface area contributed by atoms with Crippen molar-refractivity contribution in [2.45, 2.75) is 6.42 Å². The van der Waals surface area contributed by atoms with Crippen LogP contribution in [0, 0.1) is 0 Å². The Morgan fingerprint density at radius 3 is 2.80 bits per heavy atom. The van der Waals surface area contributed by atoms with Crippen LogP contribution in [-0.4, -0.2) is 23.0 Å². The van der Waals surface area contributed by atoms with E-state index in [0.29, 0.717) is 5.75 Å². The van der Waals surface area contributed by atoms with Gasteiger partial charge in [0.25, 0.3) is 0 Å². The van der Waals surface area contributed by atoms with Gasteiger partial charge in [0, 0.05) is 5.56 Å². The molecule has 5 nitrogen and oxygen atoms in total. The normalized spacial score (nSPS) is 10.2. The summed E-state index contributed by atoms with van der Waals surface area (Å²) in [5, 5.41) is 2.79. The van der Waals surface area contributed by atoms with Crippen molar-refractivity contribution in [3.8, 4) is 5.75 Å². The van der Waals surface area contributed by atoms with Crippen molar-refractivity contribution >= 4 is 34.9 Å². The molecule has 104 valence electrons. The molecular formula is C13H11Cl2N3O2. The van der Waals surface area contributed by atoms with Crippen LogP contribution >= 0.6 is 23.2 Å². The Morgan fingerprint density at radius 1 is 1.30 bits per heavy atom. The summed E-state index contributed by atoms with van der Waals surface area (Å²) < 4.78 is 5.19. The molecule has 1 amide bonds. The van der Waals surface area contributed by atoms with Gasteiger partial charge in [0.05, 0.1) is 13.5 Å². The maximum Gasteiger partial charge on any atom is 0.230 e. The monoisotopic (exact) mass is 311 g/mol. The van der Waals surface area contributed by atoms with Gasteiger partial charge in [-0.2, -0.15) is 0 Å². The van der Waals surface area contributed by atoms with Gasteiger partial charge in [-0.1, -0.05) is 41.4 Å². The number of nitrogens with zero attached hydrogens (tertiary/aromatic N) is 2. The van der Waals surface area contributed by atoms with Gasteiger partial charge in [0.15, 0.2) is 11.0 Å². The number of carbonyl (C=O) groups excluding carboxylic acids is 1. The Balaban J connectivity index is 2.11. The maximum atomic E-state index is 12.0. The number of carbonyl (C=O) groups is 1. The number of nitrogens with one attached hydrogen (secondary N) is 1. The number of rotatable bonds is 4. The summed E-state index contributed by atoms with van der Waals surface area (Å²) in [6.07, 6.45) is 1.37. The van der Waals surface area contributed by atoms with Crippen LogP contribution in [0.15, 0.2) is 30.6 Å². The minimum Gasteiger partial charge on any atom is -0.496 e. The number of benzene rings is 1. The van der Waals surface area contributed by atoms with E-state index in [0.717, 1.165) is 5.56 Å². The van der Waals surface area contributed by atoms with Crippen LogP contribution in [0.4, 0.5) is 5.82 Å². The van der Waals surface area contributed by atoms with Gasteiger partial charge in [-0.25, -0.2) is 9.97 Å². The number of aromatic nitrogens is 2. The third-order valence-electron chi connectivity index (χ3n) is 2.55. The molecule has 0 bridgehead atoms. The molecule has 0 saturated heterocycles. The second-order valence-corrected chi connectivity index (χ2v) is 4.60. The lowest BCUT2D eigenvalue weighted by atomic mass is 10.1. The lowest BCUT2D eigenvalue weighted by Gasteiger charge is -2.09. The summed E-state index contributed by atoms with van der Waals surface area (Å²) in [6.45, 7) is 0. The van der Waals surface area contributed by atoms with E-state index < -0.39 is 0 Å². The number of methoxy groups -OCH3 is 1. The SMILES string of the molecule is COc1ccccc1CC(=O)Nc1ncnc(Cl)c1Cl. The molecule has 0 spiro atoms. The predicted molar refractivity (Wildman–Crippen MR) is 77.4 cm³/mol. The van der Waals surface area contributed by atoms with E-state index in [-0.39, 0.29) is 28.3 Å². The Hall–Kier alpha value is -1.85. The number of para-hydroxylation sites is 1. The number of hydrogen-bond acceptors (Lipinski definition) is 4. The van der Waals surface area contributed by atoms with E-state index in [4.69, 9.17) is 27.9 Å². The second kappa shape index (κ2) is 6.54. The second-order valence-electron chi connectivity index (χ2n) is 3.86. The average Bonchev–Trinajstić information content (AvgIpc) is 2.44. The van der Waals surface area contributed by atoms with Crippen molar-refractivity contribution in [3.05, 3.63) is 46.3 Å². The van der Waals surface area contributed by atoms with Gasteiger partial charge in [0.2, 0.25) is 5.91 Å². The minimum absolute atomic E-state index is 0.0919. The zero-order chi connectivity index (χ0) is 14.5.